The normalized spacial score (nSPS) is 18.4. The highest BCUT2D eigenvalue weighted by molar-refractivity contribution is 7.07. The molecule has 1 amide bonds. The summed E-state index contributed by atoms with van der Waals surface area (Å²) in [6.45, 7) is 3.15. The number of aromatic nitrogens is 1. The molecule has 1 fully saturated rings. The maximum absolute atomic E-state index is 12.2. The Morgan fingerprint density at radius 1 is 1.50 bits per heavy atom. The number of carboxylic acid groups (broad SMARTS) is 1. The van der Waals surface area contributed by atoms with Crippen LogP contribution in [0.4, 0.5) is 0 Å². The Labute approximate surface area is 120 Å². The monoisotopic (exact) mass is 298 g/mol. The van der Waals surface area contributed by atoms with Crippen molar-refractivity contribution in [2.75, 3.05) is 13.1 Å². The van der Waals surface area contributed by atoms with Gasteiger partial charge in [-0.1, -0.05) is 11.3 Å². The highest BCUT2D eigenvalue weighted by Gasteiger charge is 2.26. The topological polar surface area (TPSA) is 79.6 Å². The number of hydrogen-bond acceptors (Lipinski definition) is 4. The smallest absolute Gasteiger partial charge is 0.307 e. The Hall–Kier alpha value is -1.63. The third-order valence-corrected chi connectivity index (χ3v) is 4.56. The number of carboxylic acids is 1. The molecule has 110 valence electrons. The minimum Gasteiger partial charge on any atom is -0.481 e. The lowest BCUT2D eigenvalue weighted by Crippen LogP contribution is -2.34. The molecule has 7 heteroatoms. The lowest BCUT2D eigenvalue weighted by atomic mass is 10.0. The zero-order chi connectivity index (χ0) is 14.7. The Balaban J connectivity index is 1.88. The maximum atomic E-state index is 12.2. The van der Waals surface area contributed by atoms with Crippen LogP contribution in [0.5, 0.6) is 0 Å². The van der Waals surface area contributed by atoms with Crippen molar-refractivity contribution in [3.8, 4) is 0 Å². The number of aryl methyl sites for hydroxylation is 1. The third kappa shape index (κ3) is 3.47. The second-order valence-electron chi connectivity index (χ2n) is 5.16. The van der Waals surface area contributed by atoms with Crippen LogP contribution in [-0.2, 0) is 16.1 Å². The summed E-state index contributed by atoms with van der Waals surface area (Å²) in [4.78, 5) is 35.9. The molecular weight excluding hydrogens is 280 g/mol. The van der Waals surface area contributed by atoms with Crippen molar-refractivity contribution in [3.63, 3.8) is 0 Å². The van der Waals surface area contributed by atoms with Crippen LogP contribution in [0.3, 0.4) is 0 Å². The van der Waals surface area contributed by atoms with E-state index < -0.39 is 5.97 Å². The first-order chi connectivity index (χ1) is 9.47. The molecule has 0 bridgehead atoms. The predicted molar refractivity (Wildman–Crippen MR) is 74.9 cm³/mol. The van der Waals surface area contributed by atoms with Gasteiger partial charge in [-0.25, -0.2) is 0 Å². The number of rotatable bonds is 5. The van der Waals surface area contributed by atoms with E-state index in [1.807, 2.05) is 6.92 Å². The second-order valence-corrected chi connectivity index (χ2v) is 5.98. The second kappa shape index (κ2) is 6.21. The molecular formula is C13H18N2O4S. The van der Waals surface area contributed by atoms with E-state index in [1.165, 1.54) is 4.57 Å². The largest absolute Gasteiger partial charge is 0.481 e. The molecule has 1 aliphatic rings. The fourth-order valence-corrected chi connectivity index (χ4v) is 3.19. The highest BCUT2D eigenvalue weighted by atomic mass is 32.1. The van der Waals surface area contributed by atoms with E-state index >= 15 is 0 Å². The summed E-state index contributed by atoms with van der Waals surface area (Å²) in [5.41, 5.74) is 0.801. The van der Waals surface area contributed by atoms with Gasteiger partial charge < -0.3 is 10.0 Å². The van der Waals surface area contributed by atoms with Crippen LogP contribution >= 0.6 is 11.3 Å². The third-order valence-electron chi connectivity index (χ3n) is 3.67. The summed E-state index contributed by atoms with van der Waals surface area (Å²) in [5, 5.41) is 10.4. The van der Waals surface area contributed by atoms with Gasteiger partial charge in [-0.15, -0.1) is 0 Å². The molecule has 1 aromatic rings. The van der Waals surface area contributed by atoms with Gasteiger partial charge in [-0.05, 0) is 25.7 Å². The van der Waals surface area contributed by atoms with Gasteiger partial charge in [0.05, 0.1) is 0 Å². The molecule has 1 aromatic heterocycles. The summed E-state index contributed by atoms with van der Waals surface area (Å²) >= 11 is 1.10. The van der Waals surface area contributed by atoms with Gasteiger partial charge in [0.25, 0.3) is 0 Å². The first-order valence-corrected chi connectivity index (χ1v) is 7.50. The predicted octanol–water partition coefficient (Wildman–Crippen LogP) is 0.932. The van der Waals surface area contributed by atoms with E-state index in [1.54, 1.807) is 10.3 Å². The Morgan fingerprint density at radius 2 is 2.25 bits per heavy atom. The van der Waals surface area contributed by atoms with Gasteiger partial charge in [-0.2, -0.15) is 0 Å². The fourth-order valence-electron chi connectivity index (χ4n) is 2.45. The van der Waals surface area contributed by atoms with E-state index in [-0.39, 0.29) is 29.7 Å². The number of nitrogens with zero attached hydrogens (tertiary/aromatic N) is 2. The van der Waals surface area contributed by atoms with Crippen LogP contribution in [-0.4, -0.2) is 39.5 Å². The van der Waals surface area contributed by atoms with Crippen molar-refractivity contribution >= 4 is 23.2 Å². The molecule has 0 aliphatic carbocycles. The van der Waals surface area contributed by atoms with Gasteiger partial charge in [0, 0.05) is 30.6 Å². The van der Waals surface area contributed by atoms with Crippen molar-refractivity contribution in [2.24, 2.45) is 5.92 Å². The van der Waals surface area contributed by atoms with E-state index in [2.05, 4.69) is 0 Å². The van der Waals surface area contributed by atoms with Crippen molar-refractivity contribution < 1.29 is 14.7 Å². The summed E-state index contributed by atoms with van der Waals surface area (Å²) in [7, 11) is 0. The molecule has 1 unspecified atom stereocenters. The van der Waals surface area contributed by atoms with Gasteiger partial charge in [0.2, 0.25) is 5.91 Å². The molecule has 0 saturated carbocycles. The number of amides is 1. The van der Waals surface area contributed by atoms with Crippen molar-refractivity contribution in [3.05, 3.63) is 20.7 Å². The molecule has 1 atom stereocenters. The first kappa shape index (κ1) is 14.8. The molecule has 0 spiro atoms. The van der Waals surface area contributed by atoms with E-state index in [0.717, 1.165) is 23.5 Å². The van der Waals surface area contributed by atoms with Crippen LogP contribution in [0, 0.1) is 12.8 Å². The molecule has 1 N–H and O–H groups in total. The Kier molecular flexibility index (Phi) is 4.59. The number of hydrogen-bond donors (Lipinski definition) is 1. The van der Waals surface area contributed by atoms with Crippen LogP contribution in [0.25, 0.3) is 0 Å². The van der Waals surface area contributed by atoms with Crippen LogP contribution in [0.15, 0.2) is 10.2 Å². The van der Waals surface area contributed by atoms with Crippen molar-refractivity contribution in [1.29, 1.82) is 0 Å². The van der Waals surface area contributed by atoms with E-state index in [4.69, 9.17) is 5.11 Å². The number of aliphatic carboxylic acids is 1. The summed E-state index contributed by atoms with van der Waals surface area (Å²) < 4.78 is 1.48. The summed E-state index contributed by atoms with van der Waals surface area (Å²) in [6.07, 6.45) is 1.60. The minimum absolute atomic E-state index is 0.0635. The summed E-state index contributed by atoms with van der Waals surface area (Å²) in [5.74, 6) is -0.600. The zero-order valence-electron chi connectivity index (χ0n) is 11.4. The number of likely N-dealkylation sites (tertiary alicyclic amines) is 1. The minimum atomic E-state index is -0.796. The maximum Gasteiger partial charge on any atom is 0.307 e. The van der Waals surface area contributed by atoms with Gasteiger partial charge >= 0.3 is 10.8 Å². The molecule has 1 saturated heterocycles. The molecule has 1 aliphatic heterocycles. The van der Waals surface area contributed by atoms with E-state index in [0.29, 0.717) is 19.5 Å². The average Bonchev–Trinajstić information content (AvgIpc) is 2.98. The van der Waals surface area contributed by atoms with Crippen molar-refractivity contribution in [1.82, 2.24) is 9.47 Å². The fraction of sp³-hybridized carbons (Fsp3) is 0.615. The summed E-state index contributed by atoms with van der Waals surface area (Å²) in [6, 6.07) is 0. The molecule has 20 heavy (non-hydrogen) atoms. The lowest BCUT2D eigenvalue weighted by molar-refractivity contribution is -0.137. The zero-order valence-corrected chi connectivity index (χ0v) is 12.2. The molecule has 6 nitrogen and oxygen atoms in total. The number of carbonyl (C=O) groups excluding carboxylic acids is 1. The quantitative estimate of drug-likeness (QED) is 0.877. The van der Waals surface area contributed by atoms with Gasteiger partial charge in [0.1, 0.15) is 6.54 Å². The van der Waals surface area contributed by atoms with Gasteiger partial charge in [-0.3, -0.25) is 19.0 Å². The average molecular weight is 298 g/mol. The van der Waals surface area contributed by atoms with E-state index in [9.17, 15) is 14.4 Å². The first-order valence-electron chi connectivity index (χ1n) is 6.62. The molecule has 0 aromatic carbocycles. The van der Waals surface area contributed by atoms with Crippen LogP contribution in [0.1, 0.15) is 25.0 Å². The number of thiazole rings is 1. The van der Waals surface area contributed by atoms with Crippen LogP contribution in [0.2, 0.25) is 0 Å². The lowest BCUT2D eigenvalue weighted by Gasteiger charge is -2.17. The van der Waals surface area contributed by atoms with Crippen LogP contribution < -0.4 is 4.87 Å². The standard InChI is InChI=1S/C13H18N2O4S/c1-9-8-20-13(19)15(9)7-11(16)14-5-4-10(6-14)2-3-12(17)18/h8,10H,2-7H2,1H3,(H,17,18). The Bertz CT molecular complexity index is 563. The molecule has 2 rings (SSSR count). The highest BCUT2D eigenvalue weighted by Crippen LogP contribution is 2.21. The van der Waals surface area contributed by atoms with Crippen molar-refractivity contribution in [2.45, 2.75) is 32.7 Å². The Morgan fingerprint density at radius 3 is 2.85 bits per heavy atom. The van der Waals surface area contributed by atoms with Gasteiger partial charge in [0.15, 0.2) is 0 Å². The molecule has 2 heterocycles. The number of carbonyl (C=O) groups is 2. The molecule has 0 radical (unpaired) electrons. The SMILES string of the molecule is Cc1csc(=O)n1CC(=O)N1CCC(CCC(=O)O)C1.